The fraction of sp³-hybridized carbons (Fsp3) is 0.824. The molecule has 0 saturated heterocycles. The van der Waals surface area contributed by atoms with Crippen LogP contribution in [0.25, 0.3) is 0 Å². The van der Waals surface area contributed by atoms with Gasteiger partial charge in [-0.2, -0.15) is 0 Å². The van der Waals surface area contributed by atoms with E-state index in [1.807, 2.05) is 5.92 Å². The summed E-state index contributed by atoms with van der Waals surface area (Å²) in [6, 6.07) is 0. The zero-order valence-corrected chi connectivity index (χ0v) is 12.9. The maximum atomic E-state index is 10.2. The Hall–Kier alpha value is -1.01. The summed E-state index contributed by atoms with van der Waals surface area (Å²) in [5.41, 5.74) is 0. The monoisotopic (exact) mass is 282 g/mol. The molecule has 0 bridgehead atoms. The standard InChI is InChI=1S/C17H30O3/c1-2-3-4-5-6-7-8-9-10-11-12-13-16(18)14-15-17(19)20/h16,18H,2-13H2,1H3,(H,19,20). The fourth-order valence-corrected chi connectivity index (χ4v) is 2.22. The van der Waals surface area contributed by atoms with Crippen molar-refractivity contribution >= 4 is 5.97 Å². The fourth-order valence-electron chi connectivity index (χ4n) is 2.22. The second-order valence-electron chi connectivity index (χ2n) is 5.41. The Morgan fingerprint density at radius 1 is 0.900 bits per heavy atom. The summed E-state index contributed by atoms with van der Waals surface area (Å²) in [4.78, 5) is 10.2. The van der Waals surface area contributed by atoms with Gasteiger partial charge in [0.25, 0.3) is 0 Å². The number of rotatable bonds is 12. The van der Waals surface area contributed by atoms with Crippen molar-refractivity contribution in [1.82, 2.24) is 0 Å². The van der Waals surface area contributed by atoms with Gasteiger partial charge in [-0.05, 0) is 12.8 Å². The highest BCUT2D eigenvalue weighted by Gasteiger charge is 1.99. The van der Waals surface area contributed by atoms with E-state index in [4.69, 9.17) is 5.11 Å². The molecule has 116 valence electrons. The lowest BCUT2D eigenvalue weighted by Crippen LogP contribution is -2.03. The van der Waals surface area contributed by atoms with Gasteiger partial charge < -0.3 is 10.2 Å². The smallest absolute Gasteiger partial charge is 0.381 e. The average Bonchev–Trinajstić information content (AvgIpc) is 2.42. The van der Waals surface area contributed by atoms with Crippen LogP contribution in [0.5, 0.6) is 0 Å². The molecule has 1 atom stereocenters. The minimum absolute atomic E-state index is 0.581. The van der Waals surface area contributed by atoms with E-state index in [0.29, 0.717) is 6.42 Å². The predicted octanol–water partition coefficient (Wildman–Crippen LogP) is 4.14. The molecule has 0 aromatic heterocycles. The molecule has 0 aliphatic heterocycles. The van der Waals surface area contributed by atoms with Crippen molar-refractivity contribution in [2.75, 3.05) is 0 Å². The highest BCUT2D eigenvalue weighted by Crippen LogP contribution is 2.12. The zero-order valence-electron chi connectivity index (χ0n) is 12.9. The van der Waals surface area contributed by atoms with Gasteiger partial charge in [0.05, 0.1) is 0 Å². The molecule has 20 heavy (non-hydrogen) atoms. The first-order valence-corrected chi connectivity index (χ1v) is 8.09. The van der Waals surface area contributed by atoms with E-state index in [1.54, 1.807) is 0 Å². The summed E-state index contributed by atoms with van der Waals surface area (Å²) in [6.07, 6.45) is 13.7. The van der Waals surface area contributed by atoms with Crippen molar-refractivity contribution in [3.8, 4) is 11.8 Å². The normalized spacial score (nSPS) is 11.7. The molecule has 0 fully saturated rings. The predicted molar refractivity (Wildman–Crippen MR) is 82.5 cm³/mol. The van der Waals surface area contributed by atoms with E-state index in [1.165, 1.54) is 57.8 Å². The number of aliphatic hydroxyl groups is 1. The number of carboxylic acids is 1. The van der Waals surface area contributed by atoms with Crippen LogP contribution in [0.2, 0.25) is 0 Å². The summed E-state index contributed by atoms with van der Waals surface area (Å²) in [5.74, 6) is 3.10. The van der Waals surface area contributed by atoms with E-state index < -0.39 is 12.1 Å². The number of aliphatic hydroxyl groups excluding tert-OH is 1. The number of hydrogen-bond donors (Lipinski definition) is 2. The SMILES string of the molecule is CCCCCCCCCCCCCC(O)C#CC(=O)O. The minimum atomic E-state index is -1.18. The third-order valence-electron chi connectivity index (χ3n) is 3.43. The van der Waals surface area contributed by atoms with Gasteiger partial charge in [0.1, 0.15) is 6.10 Å². The summed E-state index contributed by atoms with van der Waals surface area (Å²) in [6.45, 7) is 2.24. The second-order valence-corrected chi connectivity index (χ2v) is 5.41. The Kier molecular flexibility index (Phi) is 13.7. The molecule has 0 amide bonds. The topological polar surface area (TPSA) is 57.5 Å². The Balaban J connectivity index is 3.21. The number of carboxylic acid groups (broad SMARTS) is 1. The third kappa shape index (κ3) is 15.0. The van der Waals surface area contributed by atoms with Gasteiger partial charge in [-0.25, -0.2) is 4.79 Å². The Morgan fingerprint density at radius 3 is 1.80 bits per heavy atom. The van der Waals surface area contributed by atoms with Crippen LogP contribution in [0.4, 0.5) is 0 Å². The molecule has 0 heterocycles. The van der Waals surface area contributed by atoms with Crippen molar-refractivity contribution in [2.24, 2.45) is 0 Å². The highest BCUT2D eigenvalue weighted by atomic mass is 16.4. The molecular weight excluding hydrogens is 252 g/mol. The van der Waals surface area contributed by atoms with Gasteiger partial charge in [0, 0.05) is 5.92 Å². The Morgan fingerprint density at radius 2 is 1.35 bits per heavy atom. The lowest BCUT2D eigenvalue weighted by molar-refractivity contribution is -0.130. The van der Waals surface area contributed by atoms with E-state index >= 15 is 0 Å². The van der Waals surface area contributed by atoms with Gasteiger partial charge in [0.15, 0.2) is 0 Å². The quantitative estimate of drug-likeness (QED) is 0.418. The molecule has 2 N–H and O–H groups in total. The van der Waals surface area contributed by atoms with E-state index in [9.17, 15) is 9.90 Å². The van der Waals surface area contributed by atoms with Crippen molar-refractivity contribution in [3.05, 3.63) is 0 Å². The minimum Gasteiger partial charge on any atom is -0.472 e. The molecule has 0 radical (unpaired) electrons. The van der Waals surface area contributed by atoms with E-state index in [2.05, 4.69) is 12.8 Å². The molecule has 0 saturated carbocycles. The van der Waals surface area contributed by atoms with Crippen molar-refractivity contribution in [2.45, 2.75) is 90.1 Å². The molecule has 0 rings (SSSR count). The van der Waals surface area contributed by atoms with Gasteiger partial charge >= 0.3 is 5.97 Å². The van der Waals surface area contributed by atoms with Crippen molar-refractivity contribution < 1.29 is 15.0 Å². The second kappa shape index (κ2) is 14.4. The maximum absolute atomic E-state index is 10.2. The molecule has 1 unspecified atom stereocenters. The summed E-state index contributed by atoms with van der Waals surface area (Å²) >= 11 is 0. The number of aliphatic carboxylic acids is 1. The number of carbonyl (C=O) groups is 1. The number of hydrogen-bond acceptors (Lipinski definition) is 2. The Bertz CT molecular complexity index is 288. The van der Waals surface area contributed by atoms with Crippen LogP contribution in [-0.4, -0.2) is 22.3 Å². The van der Waals surface area contributed by atoms with Crippen LogP contribution >= 0.6 is 0 Å². The van der Waals surface area contributed by atoms with Crippen LogP contribution in [0.15, 0.2) is 0 Å². The van der Waals surface area contributed by atoms with Crippen LogP contribution in [-0.2, 0) is 4.79 Å². The molecule has 3 nitrogen and oxygen atoms in total. The molecular formula is C17H30O3. The zero-order chi connectivity index (χ0) is 15.1. The first kappa shape index (κ1) is 19.0. The summed E-state index contributed by atoms with van der Waals surface area (Å²) in [7, 11) is 0. The maximum Gasteiger partial charge on any atom is 0.381 e. The third-order valence-corrected chi connectivity index (χ3v) is 3.43. The highest BCUT2D eigenvalue weighted by molar-refractivity contribution is 5.86. The Labute approximate surface area is 123 Å². The van der Waals surface area contributed by atoms with Crippen LogP contribution in [0, 0.1) is 11.8 Å². The van der Waals surface area contributed by atoms with Crippen LogP contribution < -0.4 is 0 Å². The molecule has 0 aromatic carbocycles. The lowest BCUT2D eigenvalue weighted by Gasteiger charge is -2.04. The summed E-state index contributed by atoms with van der Waals surface area (Å²) < 4.78 is 0. The van der Waals surface area contributed by atoms with E-state index in [-0.39, 0.29) is 0 Å². The van der Waals surface area contributed by atoms with Gasteiger partial charge in [-0.3, -0.25) is 0 Å². The van der Waals surface area contributed by atoms with Gasteiger partial charge in [0.2, 0.25) is 0 Å². The van der Waals surface area contributed by atoms with Crippen LogP contribution in [0.1, 0.15) is 84.0 Å². The lowest BCUT2D eigenvalue weighted by atomic mass is 10.0. The molecule has 0 aliphatic rings. The largest absolute Gasteiger partial charge is 0.472 e. The van der Waals surface area contributed by atoms with Gasteiger partial charge in [-0.1, -0.05) is 77.1 Å². The molecule has 0 aromatic rings. The first-order valence-electron chi connectivity index (χ1n) is 8.09. The molecule has 0 spiro atoms. The van der Waals surface area contributed by atoms with Crippen molar-refractivity contribution in [1.29, 1.82) is 0 Å². The number of unbranched alkanes of at least 4 members (excludes halogenated alkanes) is 10. The summed E-state index contributed by atoms with van der Waals surface area (Å²) in [5, 5.41) is 17.7. The molecule has 3 heteroatoms. The molecule has 0 aliphatic carbocycles. The van der Waals surface area contributed by atoms with Gasteiger partial charge in [-0.15, -0.1) is 0 Å². The average molecular weight is 282 g/mol. The van der Waals surface area contributed by atoms with E-state index in [0.717, 1.165) is 12.8 Å². The first-order chi connectivity index (χ1) is 9.66. The van der Waals surface area contributed by atoms with Crippen LogP contribution in [0.3, 0.4) is 0 Å². The van der Waals surface area contributed by atoms with Crippen molar-refractivity contribution in [3.63, 3.8) is 0 Å².